The number of fused-ring (bicyclic) bond motifs is 6. The molecule has 2 aromatic heterocycles. The van der Waals surface area contributed by atoms with Crippen molar-refractivity contribution < 1.29 is 4.42 Å². The van der Waals surface area contributed by atoms with Crippen molar-refractivity contribution in [3.63, 3.8) is 0 Å². The molecule has 4 heteroatoms. The Kier molecular flexibility index (Phi) is 5.92. The van der Waals surface area contributed by atoms with Crippen molar-refractivity contribution in [1.82, 2.24) is 15.0 Å². The molecule has 51 heavy (non-hydrogen) atoms. The Morgan fingerprint density at radius 1 is 0.314 bits per heavy atom. The van der Waals surface area contributed by atoms with Crippen molar-refractivity contribution in [1.29, 1.82) is 0 Å². The van der Waals surface area contributed by atoms with Gasteiger partial charge < -0.3 is 4.42 Å². The van der Waals surface area contributed by atoms with E-state index in [1.807, 2.05) is 60.7 Å². The van der Waals surface area contributed by atoms with Gasteiger partial charge in [-0.3, -0.25) is 0 Å². The zero-order valence-corrected chi connectivity index (χ0v) is 27.3. The number of aromatic nitrogens is 3. The van der Waals surface area contributed by atoms with E-state index in [0.29, 0.717) is 17.5 Å². The molecule has 9 aromatic carbocycles. The zero-order valence-electron chi connectivity index (χ0n) is 27.3. The lowest BCUT2D eigenvalue weighted by Gasteiger charge is -2.17. The number of hydrogen-bond acceptors (Lipinski definition) is 4. The van der Waals surface area contributed by atoms with Gasteiger partial charge in [0.25, 0.3) is 0 Å². The molecular formula is C47H27N3O. The van der Waals surface area contributed by atoms with Crippen molar-refractivity contribution in [3.8, 4) is 45.3 Å². The van der Waals surface area contributed by atoms with E-state index >= 15 is 0 Å². The summed E-state index contributed by atoms with van der Waals surface area (Å²) in [6, 6.07) is 57.1. The topological polar surface area (TPSA) is 51.8 Å². The number of nitrogens with zero attached hydrogens (tertiary/aromatic N) is 3. The van der Waals surface area contributed by atoms with Crippen LogP contribution in [0.2, 0.25) is 0 Å². The number of benzene rings is 9. The standard InChI is InChI=1S/C47H27N3O/c1-3-14-28(15-4-1)45-48-46(29-16-5-2-6-17-29)50-47(49-45)38-27-26-37(30-18-7-8-19-31(30)38)41-36-23-12-11-22-35(36)40-33-21-10-9-20-32(33)34-24-13-25-39-42(34)43(40)44(41)51-39/h1-27H. The molecule has 0 bridgehead atoms. The Labute approximate surface area is 292 Å². The Balaban J connectivity index is 1.23. The highest BCUT2D eigenvalue weighted by molar-refractivity contribution is 6.41. The Hall–Kier alpha value is -6.91. The third-order valence-electron chi connectivity index (χ3n) is 10.3. The van der Waals surface area contributed by atoms with Crippen LogP contribution < -0.4 is 0 Å². The lowest BCUT2D eigenvalue weighted by atomic mass is 9.86. The van der Waals surface area contributed by atoms with Crippen LogP contribution >= 0.6 is 0 Å². The Morgan fingerprint density at radius 3 is 1.45 bits per heavy atom. The summed E-state index contributed by atoms with van der Waals surface area (Å²) >= 11 is 0. The number of hydrogen-bond donors (Lipinski definition) is 0. The van der Waals surface area contributed by atoms with E-state index in [9.17, 15) is 0 Å². The first-order chi connectivity index (χ1) is 25.3. The summed E-state index contributed by atoms with van der Waals surface area (Å²) in [5.41, 5.74) is 6.86. The number of furan rings is 1. The summed E-state index contributed by atoms with van der Waals surface area (Å²) < 4.78 is 6.94. The monoisotopic (exact) mass is 649 g/mol. The van der Waals surface area contributed by atoms with Crippen molar-refractivity contribution in [2.45, 2.75) is 0 Å². The molecule has 0 fully saturated rings. The van der Waals surface area contributed by atoms with Gasteiger partial charge in [0.1, 0.15) is 11.2 Å². The van der Waals surface area contributed by atoms with E-state index < -0.39 is 0 Å². The fraction of sp³-hybridized carbons (Fsp3) is 0. The minimum atomic E-state index is 0.634. The molecule has 0 atom stereocenters. The van der Waals surface area contributed by atoms with Crippen molar-refractivity contribution >= 4 is 65.0 Å². The quantitative estimate of drug-likeness (QED) is 0.178. The SMILES string of the molecule is c1ccc(-c2nc(-c3ccccc3)nc(-c3ccc(-c4c5ccccc5c5c6ccccc6c6cccc7oc4c5c76)c4ccccc34)n2)cc1. The van der Waals surface area contributed by atoms with Gasteiger partial charge in [-0.05, 0) is 55.4 Å². The average molecular weight is 650 g/mol. The molecule has 2 heterocycles. The molecule has 0 saturated heterocycles. The van der Waals surface area contributed by atoms with Crippen LogP contribution in [0.4, 0.5) is 0 Å². The van der Waals surface area contributed by atoms with Gasteiger partial charge in [-0.25, -0.2) is 15.0 Å². The minimum Gasteiger partial charge on any atom is -0.455 e. The van der Waals surface area contributed by atoms with Gasteiger partial charge in [0.2, 0.25) is 0 Å². The molecule has 0 radical (unpaired) electrons. The minimum absolute atomic E-state index is 0.634. The van der Waals surface area contributed by atoms with Crippen LogP contribution in [0, 0.1) is 0 Å². The molecule has 0 saturated carbocycles. The van der Waals surface area contributed by atoms with E-state index in [0.717, 1.165) is 55.1 Å². The second kappa shape index (κ2) is 10.8. The molecule has 236 valence electrons. The van der Waals surface area contributed by atoms with E-state index in [1.54, 1.807) is 0 Å². The van der Waals surface area contributed by atoms with Crippen LogP contribution in [0.1, 0.15) is 0 Å². The summed E-state index contributed by atoms with van der Waals surface area (Å²) in [5.74, 6) is 1.92. The fourth-order valence-electron chi connectivity index (χ4n) is 8.09. The maximum Gasteiger partial charge on any atom is 0.164 e. The van der Waals surface area contributed by atoms with Crippen molar-refractivity contribution in [2.24, 2.45) is 0 Å². The molecule has 0 amide bonds. The lowest BCUT2D eigenvalue weighted by molar-refractivity contribution is 0.671. The lowest BCUT2D eigenvalue weighted by Crippen LogP contribution is -2.00. The molecule has 0 unspecified atom stereocenters. The number of rotatable bonds is 4. The molecule has 0 spiro atoms. The van der Waals surface area contributed by atoms with Gasteiger partial charge in [-0.1, -0.05) is 152 Å². The zero-order chi connectivity index (χ0) is 33.5. The molecule has 11 aromatic rings. The van der Waals surface area contributed by atoms with E-state index in [1.165, 1.54) is 37.7 Å². The van der Waals surface area contributed by atoms with Crippen LogP contribution in [0.25, 0.3) is 110 Å². The molecule has 4 nitrogen and oxygen atoms in total. The highest BCUT2D eigenvalue weighted by atomic mass is 16.3. The normalized spacial score (nSPS) is 11.9. The maximum absolute atomic E-state index is 6.94. The van der Waals surface area contributed by atoms with Gasteiger partial charge in [0.05, 0.1) is 0 Å². The summed E-state index contributed by atoms with van der Waals surface area (Å²) in [6.45, 7) is 0. The van der Waals surface area contributed by atoms with E-state index in [2.05, 4.69) is 103 Å². The van der Waals surface area contributed by atoms with E-state index in [4.69, 9.17) is 19.4 Å². The molecular weight excluding hydrogens is 623 g/mol. The van der Waals surface area contributed by atoms with Gasteiger partial charge in [-0.2, -0.15) is 0 Å². The van der Waals surface area contributed by atoms with Crippen molar-refractivity contribution in [2.75, 3.05) is 0 Å². The van der Waals surface area contributed by atoms with Crippen molar-refractivity contribution in [3.05, 3.63) is 164 Å². The molecule has 11 rings (SSSR count). The summed E-state index contributed by atoms with van der Waals surface area (Å²) in [5, 5.41) is 11.9. The Morgan fingerprint density at radius 2 is 0.784 bits per heavy atom. The largest absolute Gasteiger partial charge is 0.455 e. The molecule has 0 aliphatic carbocycles. The molecule has 0 N–H and O–H groups in total. The average Bonchev–Trinajstić information content (AvgIpc) is 3.60. The Bertz CT molecular complexity index is 3070. The van der Waals surface area contributed by atoms with Gasteiger partial charge >= 0.3 is 0 Å². The first kappa shape index (κ1) is 28.0. The first-order valence-electron chi connectivity index (χ1n) is 17.2. The van der Waals surface area contributed by atoms with Gasteiger partial charge in [0, 0.05) is 38.4 Å². The predicted octanol–water partition coefficient (Wildman–Crippen LogP) is 12.5. The van der Waals surface area contributed by atoms with Crippen LogP contribution in [0.5, 0.6) is 0 Å². The van der Waals surface area contributed by atoms with Crippen LogP contribution in [0.3, 0.4) is 0 Å². The third-order valence-corrected chi connectivity index (χ3v) is 10.3. The fourth-order valence-corrected chi connectivity index (χ4v) is 8.09. The second-order valence-corrected chi connectivity index (χ2v) is 13.1. The molecule has 0 aliphatic heterocycles. The van der Waals surface area contributed by atoms with Crippen LogP contribution in [-0.2, 0) is 0 Å². The molecule has 0 aliphatic rings. The van der Waals surface area contributed by atoms with E-state index in [-0.39, 0.29) is 0 Å². The van der Waals surface area contributed by atoms with Gasteiger partial charge in [-0.15, -0.1) is 0 Å². The second-order valence-electron chi connectivity index (χ2n) is 13.1. The third kappa shape index (κ3) is 4.11. The summed E-state index contributed by atoms with van der Waals surface area (Å²) in [4.78, 5) is 15.1. The smallest absolute Gasteiger partial charge is 0.164 e. The summed E-state index contributed by atoms with van der Waals surface area (Å²) in [6.07, 6.45) is 0. The summed E-state index contributed by atoms with van der Waals surface area (Å²) in [7, 11) is 0. The van der Waals surface area contributed by atoms with Crippen LogP contribution in [0.15, 0.2) is 168 Å². The first-order valence-corrected chi connectivity index (χ1v) is 17.2. The predicted molar refractivity (Wildman–Crippen MR) is 210 cm³/mol. The maximum atomic E-state index is 6.94. The van der Waals surface area contributed by atoms with Crippen LogP contribution in [-0.4, -0.2) is 15.0 Å². The highest BCUT2D eigenvalue weighted by Crippen LogP contribution is 2.51. The highest BCUT2D eigenvalue weighted by Gasteiger charge is 2.25. The van der Waals surface area contributed by atoms with Gasteiger partial charge in [0.15, 0.2) is 17.5 Å².